The molecule has 2 aromatic carbocycles. The predicted octanol–water partition coefficient (Wildman–Crippen LogP) is 6.08. The van der Waals surface area contributed by atoms with E-state index in [0.29, 0.717) is 5.57 Å². The second kappa shape index (κ2) is 16.2. The van der Waals surface area contributed by atoms with Crippen LogP contribution < -0.4 is 15.7 Å². The standard InChI is InChI=1S/C33H47NO4Si/c1-7-8-9-10-11-12-13-16-21-27(2)31(35)34-30(32(36)37-6)26-38-39(33(3,4)5,28-22-17-14-18-23-28)29-24-19-15-20-25-29/h13-25,30H,7-12,26H2,1-6H3,(H,34,35)/b16-13+,27-21+. The highest BCUT2D eigenvalue weighted by molar-refractivity contribution is 6.99. The Kier molecular flexibility index (Phi) is 13.4. The summed E-state index contributed by atoms with van der Waals surface area (Å²) < 4.78 is 11.9. The van der Waals surface area contributed by atoms with Gasteiger partial charge in [0, 0.05) is 5.57 Å². The van der Waals surface area contributed by atoms with Crippen molar-refractivity contribution in [2.45, 2.75) is 84.2 Å². The number of carbonyl (C=O) groups excluding carboxylic acids is 2. The van der Waals surface area contributed by atoms with Crippen molar-refractivity contribution >= 4 is 30.6 Å². The van der Waals surface area contributed by atoms with Gasteiger partial charge >= 0.3 is 5.97 Å². The monoisotopic (exact) mass is 549 g/mol. The molecule has 212 valence electrons. The first-order chi connectivity index (χ1) is 18.7. The highest BCUT2D eigenvalue weighted by atomic mass is 28.4. The van der Waals surface area contributed by atoms with E-state index in [2.05, 4.69) is 63.4 Å². The van der Waals surface area contributed by atoms with E-state index in [4.69, 9.17) is 9.16 Å². The van der Waals surface area contributed by atoms with E-state index >= 15 is 0 Å². The zero-order valence-corrected chi connectivity index (χ0v) is 25.7. The number of esters is 1. The minimum absolute atomic E-state index is 0.00652. The maximum absolute atomic E-state index is 13.0. The zero-order chi connectivity index (χ0) is 28.7. The Bertz CT molecular complexity index is 1030. The van der Waals surface area contributed by atoms with Crippen LogP contribution in [0.5, 0.6) is 0 Å². The van der Waals surface area contributed by atoms with Crippen molar-refractivity contribution in [1.82, 2.24) is 5.32 Å². The molecule has 2 aromatic rings. The summed E-state index contributed by atoms with van der Waals surface area (Å²) in [7, 11) is -1.55. The van der Waals surface area contributed by atoms with Crippen LogP contribution in [0.2, 0.25) is 5.04 Å². The Morgan fingerprint density at radius 1 is 0.923 bits per heavy atom. The fraction of sp³-hybridized carbons (Fsp3) is 0.455. The molecule has 0 saturated carbocycles. The summed E-state index contributed by atoms with van der Waals surface area (Å²) in [5.74, 6) is -0.847. The zero-order valence-electron chi connectivity index (χ0n) is 24.7. The molecule has 0 aliphatic carbocycles. The Labute approximate surface area is 236 Å². The van der Waals surface area contributed by atoms with Crippen LogP contribution in [-0.2, 0) is 18.8 Å². The van der Waals surface area contributed by atoms with Crippen LogP contribution in [0.1, 0.15) is 73.1 Å². The lowest BCUT2D eigenvalue weighted by Gasteiger charge is -2.43. The van der Waals surface area contributed by atoms with E-state index < -0.39 is 20.3 Å². The van der Waals surface area contributed by atoms with Crippen molar-refractivity contribution in [2.24, 2.45) is 0 Å². The molecule has 6 heteroatoms. The van der Waals surface area contributed by atoms with Crippen molar-refractivity contribution in [1.29, 1.82) is 0 Å². The van der Waals surface area contributed by atoms with Crippen LogP contribution in [0.3, 0.4) is 0 Å². The third kappa shape index (κ3) is 9.33. The number of amides is 1. The van der Waals surface area contributed by atoms with Crippen LogP contribution >= 0.6 is 0 Å². The summed E-state index contributed by atoms with van der Waals surface area (Å²) in [6.45, 7) is 10.5. The molecule has 1 amide bonds. The van der Waals surface area contributed by atoms with Gasteiger partial charge in [-0.3, -0.25) is 4.79 Å². The molecule has 1 unspecified atom stereocenters. The van der Waals surface area contributed by atoms with Crippen molar-refractivity contribution in [3.63, 3.8) is 0 Å². The maximum Gasteiger partial charge on any atom is 0.330 e. The maximum atomic E-state index is 13.0. The summed E-state index contributed by atoms with van der Waals surface area (Å²) in [4.78, 5) is 25.8. The number of methoxy groups -OCH3 is 1. The Morgan fingerprint density at radius 3 is 2.00 bits per heavy atom. The molecule has 1 atom stereocenters. The van der Waals surface area contributed by atoms with Gasteiger partial charge in [0.15, 0.2) is 0 Å². The van der Waals surface area contributed by atoms with E-state index in [-0.39, 0.29) is 17.6 Å². The summed E-state index contributed by atoms with van der Waals surface area (Å²) >= 11 is 0. The molecule has 0 fully saturated rings. The average Bonchev–Trinajstić information content (AvgIpc) is 2.93. The van der Waals surface area contributed by atoms with Gasteiger partial charge in [-0.15, -0.1) is 0 Å². The van der Waals surface area contributed by atoms with Crippen LogP contribution in [0.15, 0.2) is 84.5 Å². The fourth-order valence-corrected chi connectivity index (χ4v) is 9.38. The molecular formula is C33H47NO4Si. The molecule has 0 aliphatic rings. The fourth-order valence-electron chi connectivity index (χ4n) is 4.80. The van der Waals surface area contributed by atoms with E-state index in [0.717, 1.165) is 23.2 Å². The first kappa shape index (κ1) is 32.2. The highest BCUT2D eigenvalue weighted by Gasteiger charge is 2.50. The second-order valence-electron chi connectivity index (χ2n) is 11.0. The van der Waals surface area contributed by atoms with Gasteiger partial charge in [0.25, 0.3) is 8.32 Å². The average molecular weight is 550 g/mol. The molecule has 0 radical (unpaired) electrons. The van der Waals surface area contributed by atoms with Gasteiger partial charge in [-0.05, 0) is 35.2 Å². The van der Waals surface area contributed by atoms with Crippen LogP contribution in [0.25, 0.3) is 0 Å². The van der Waals surface area contributed by atoms with Crippen LogP contribution in [-0.4, -0.2) is 40.0 Å². The van der Waals surface area contributed by atoms with E-state index in [9.17, 15) is 9.59 Å². The quantitative estimate of drug-likeness (QED) is 0.0961. The van der Waals surface area contributed by atoms with E-state index in [1.54, 1.807) is 13.0 Å². The molecule has 0 spiro atoms. The number of hydrogen-bond donors (Lipinski definition) is 1. The number of benzene rings is 2. The van der Waals surface area contributed by atoms with Gasteiger partial charge in [0.2, 0.25) is 5.91 Å². The van der Waals surface area contributed by atoms with E-state index in [1.165, 1.54) is 32.8 Å². The third-order valence-corrected chi connectivity index (χ3v) is 12.0. The van der Waals surface area contributed by atoms with Gasteiger partial charge in [-0.2, -0.15) is 0 Å². The number of ether oxygens (including phenoxy) is 1. The number of carbonyl (C=O) groups is 2. The van der Waals surface area contributed by atoms with Crippen LogP contribution in [0, 0.1) is 0 Å². The Balaban J connectivity index is 2.23. The van der Waals surface area contributed by atoms with Gasteiger partial charge in [0.1, 0.15) is 6.04 Å². The molecule has 5 nitrogen and oxygen atoms in total. The lowest BCUT2D eigenvalue weighted by Crippen LogP contribution is -2.67. The number of unbranched alkanes of at least 4 members (excludes halogenated alkanes) is 5. The first-order valence-electron chi connectivity index (χ1n) is 14.1. The molecule has 1 N–H and O–H groups in total. The smallest absolute Gasteiger partial charge is 0.330 e. The molecule has 0 heterocycles. The van der Waals surface area contributed by atoms with Gasteiger partial charge < -0.3 is 14.5 Å². The molecule has 39 heavy (non-hydrogen) atoms. The highest BCUT2D eigenvalue weighted by Crippen LogP contribution is 2.36. The summed E-state index contributed by atoms with van der Waals surface area (Å²) in [5.41, 5.74) is 0.525. The normalized spacial score (nSPS) is 13.3. The number of hydrogen-bond acceptors (Lipinski definition) is 4. The van der Waals surface area contributed by atoms with E-state index in [1.807, 2.05) is 42.5 Å². The van der Waals surface area contributed by atoms with Crippen molar-refractivity contribution < 1.29 is 18.8 Å². The molecule has 0 bridgehead atoms. The molecule has 0 aromatic heterocycles. The molecule has 2 rings (SSSR count). The largest absolute Gasteiger partial charge is 0.467 e. The lowest BCUT2D eigenvalue weighted by atomic mass is 10.1. The molecular weight excluding hydrogens is 502 g/mol. The molecule has 0 aliphatic heterocycles. The van der Waals surface area contributed by atoms with Crippen LogP contribution in [0.4, 0.5) is 0 Å². The summed E-state index contributed by atoms with van der Waals surface area (Å²) in [6, 6.07) is 19.5. The van der Waals surface area contributed by atoms with Gasteiger partial charge in [-0.1, -0.05) is 132 Å². The second-order valence-corrected chi connectivity index (χ2v) is 15.3. The summed E-state index contributed by atoms with van der Waals surface area (Å²) in [5, 5.41) is 4.81. The van der Waals surface area contributed by atoms with Gasteiger partial charge in [-0.25, -0.2) is 4.79 Å². The van der Waals surface area contributed by atoms with Crippen molar-refractivity contribution in [3.05, 3.63) is 84.5 Å². The van der Waals surface area contributed by atoms with Crippen molar-refractivity contribution in [3.8, 4) is 0 Å². The van der Waals surface area contributed by atoms with Crippen molar-refractivity contribution in [2.75, 3.05) is 13.7 Å². The number of allylic oxidation sites excluding steroid dienone is 3. The lowest BCUT2D eigenvalue weighted by molar-refractivity contribution is -0.145. The minimum atomic E-state index is -2.88. The topological polar surface area (TPSA) is 64.6 Å². The summed E-state index contributed by atoms with van der Waals surface area (Å²) in [6.07, 6.45) is 13.0. The third-order valence-electron chi connectivity index (χ3n) is 6.99. The number of rotatable bonds is 15. The minimum Gasteiger partial charge on any atom is -0.467 e. The predicted molar refractivity (Wildman–Crippen MR) is 164 cm³/mol. The Morgan fingerprint density at radius 2 is 1.49 bits per heavy atom. The van der Waals surface area contributed by atoms with Gasteiger partial charge in [0.05, 0.1) is 13.7 Å². The first-order valence-corrected chi connectivity index (χ1v) is 16.0. The molecule has 0 saturated heterocycles. The SMILES string of the molecule is CCCCCCC/C=C/C=C(\C)C(=O)NC(CO[Si](c1ccccc1)(c1ccccc1)C(C)(C)C)C(=O)OC. The Hall–Kier alpha value is -2.96. The number of nitrogens with one attached hydrogen (secondary N) is 1.